The fourth-order valence-electron chi connectivity index (χ4n) is 2.10. The van der Waals surface area contributed by atoms with Crippen molar-refractivity contribution in [3.8, 4) is 5.75 Å². The average Bonchev–Trinajstić information content (AvgIpc) is 2.74. The van der Waals surface area contributed by atoms with E-state index < -0.39 is 0 Å². The van der Waals surface area contributed by atoms with Gasteiger partial charge in [-0.05, 0) is 25.1 Å². The van der Waals surface area contributed by atoms with Gasteiger partial charge in [0.2, 0.25) is 0 Å². The molecule has 2 nitrogen and oxygen atoms in total. The molecule has 0 bridgehead atoms. The third kappa shape index (κ3) is 2.32. The lowest BCUT2D eigenvalue weighted by molar-refractivity contribution is 0.308. The normalized spacial score (nSPS) is 10.8. The van der Waals surface area contributed by atoms with Crippen LogP contribution in [0.2, 0.25) is 5.02 Å². The Labute approximate surface area is 117 Å². The van der Waals surface area contributed by atoms with Gasteiger partial charge >= 0.3 is 0 Å². The molecule has 0 aliphatic carbocycles. The molecule has 2 aromatic heterocycles. The molecule has 3 rings (SSSR count). The van der Waals surface area contributed by atoms with E-state index in [0.29, 0.717) is 6.61 Å². The number of halogens is 1. The molecule has 0 aliphatic rings. The summed E-state index contributed by atoms with van der Waals surface area (Å²) in [5.41, 5.74) is 3.00. The number of benzene rings is 1. The van der Waals surface area contributed by atoms with E-state index in [1.807, 2.05) is 60.0 Å². The number of aromatic nitrogens is 1. The third-order valence-corrected chi connectivity index (χ3v) is 3.42. The molecule has 0 N–H and O–H groups in total. The van der Waals surface area contributed by atoms with Crippen molar-refractivity contribution in [3.63, 3.8) is 0 Å². The van der Waals surface area contributed by atoms with Gasteiger partial charge in [-0.2, -0.15) is 0 Å². The predicted octanol–water partition coefficient (Wildman–Crippen LogP) is 4.28. The Kier molecular flexibility index (Phi) is 3.18. The average molecular weight is 271 g/mol. The molecule has 0 amide bonds. The lowest BCUT2D eigenvalue weighted by Gasteiger charge is -2.08. The molecular weight excluding hydrogens is 258 g/mol. The lowest BCUT2D eigenvalue weighted by atomic mass is 10.2. The van der Waals surface area contributed by atoms with Crippen LogP contribution >= 0.6 is 11.6 Å². The zero-order valence-electron chi connectivity index (χ0n) is 10.6. The number of fused-ring (bicyclic) bond motifs is 1. The Balaban J connectivity index is 1.90. The first-order valence-electron chi connectivity index (χ1n) is 6.11. The van der Waals surface area contributed by atoms with Crippen LogP contribution in [0.25, 0.3) is 5.52 Å². The van der Waals surface area contributed by atoms with Gasteiger partial charge in [-0.1, -0.05) is 35.9 Å². The van der Waals surface area contributed by atoms with Crippen LogP contribution in [-0.4, -0.2) is 4.40 Å². The van der Waals surface area contributed by atoms with Gasteiger partial charge < -0.3 is 9.14 Å². The van der Waals surface area contributed by atoms with Crippen LogP contribution in [0, 0.1) is 13.1 Å². The topological polar surface area (TPSA) is 13.6 Å². The first kappa shape index (κ1) is 12.1. The summed E-state index contributed by atoms with van der Waals surface area (Å²) < 4.78 is 7.86. The van der Waals surface area contributed by atoms with E-state index in [0.717, 1.165) is 27.4 Å². The Morgan fingerprint density at radius 3 is 2.79 bits per heavy atom. The number of rotatable bonds is 3. The van der Waals surface area contributed by atoms with Crippen LogP contribution in [0.15, 0.2) is 48.7 Å². The van der Waals surface area contributed by atoms with Crippen LogP contribution in [0.4, 0.5) is 0 Å². The molecule has 0 atom stereocenters. The number of ether oxygens (including phenoxy) is 1. The van der Waals surface area contributed by atoms with Crippen molar-refractivity contribution >= 4 is 17.1 Å². The van der Waals surface area contributed by atoms with Gasteiger partial charge in [0, 0.05) is 22.3 Å². The van der Waals surface area contributed by atoms with Gasteiger partial charge in [0.25, 0.3) is 0 Å². The minimum absolute atomic E-state index is 0.461. The van der Waals surface area contributed by atoms with Gasteiger partial charge in [-0.25, -0.2) is 0 Å². The molecule has 3 aromatic rings. The van der Waals surface area contributed by atoms with E-state index in [1.54, 1.807) is 0 Å². The third-order valence-electron chi connectivity index (χ3n) is 3.05. The summed E-state index contributed by atoms with van der Waals surface area (Å²) in [5, 5.41) is 0.729. The van der Waals surface area contributed by atoms with Crippen molar-refractivity contribution in [3.05, 3.63) is 71.0 Å². The quantitative estimate of drug-likeness (QED) is 0.693. The van der Waals surface area contributed by atoms with Gasteiger partial charge in [-0.15, -0.1) is 0 Å². The van der Waals surface area contributed by atoms with E-state index in [4.69, 9.17) is 16.3 Å². The molecule has 0 fully saturated rings. The molecule has 95 valence electrons. The second kappa shape index (κ2) is 4.98. The van der Waals surface area contributed by atoms with Crippen molar-refractivity contribution in [2.75, 3.05) is 0 Å². The molecule has 19 heavy (non-hydrogen) atoms. The highest BCUT2D eigenvalue weighted by molar-refractivity contribution is 6.31. The zero-order valence-corrected chi connectivity index (χ0v) is 11.3. The second-order valence-electron chi connectivity index (χ2n) is 4.40. The van der Waals surface area contributed by atoms with Crippen molar-refractivity contribution < 1.29 is 4.74 Å². The fraction of sp³-hybridized carbons (Fsp3) is 0.125. The highest BCUT2D eigenvalue weighted by Crippen LogP contribution is 2.27. The van der Waals surface area contributed by atoms with Gasteiger partial charge in [0.1, 0.15) is 12.4 Å². The Hall–Kier alpha value is -1.93. The predicted molar refractivity (Wildman–Crippen MR) is 76.8 cm³/mol. The molecule has 0 spiro atoms. The van der Waals surface area contributed by atoms with E-state index in [2.05, 4.69) is 6.20 Å². The summed E-state index contributed by atoms with van der Waals surface area (Å²) in [6.45, 7) is 2.46. The molecular formula is C16H13ClNO. The minimum atomic E-state index is 0.461. The number of hydrogen-bond acceptors (Lipinski definition) is 1. The minimum Gasteiger partial charge on any atom is -0.486 e. The Morgan fingerprint density at radius 2 is 1.95 bits per heavy atom. The molecule has 2 heterocycles. The summed E-state index contributed by atoms with van der Waals surface area (Å²) in [5.74, 6) is 0.862. The second-order valence-corrected chi connectivity index (χ2v) is 4.81. The van der Waals surface area contributed by atoms with Gasteiger partial charge in [0.15, 0.2) is 0 Å². The number of aryl methyl sites for hydroxylation is 1. The monoisotopic (exact) mass is 270 g/mol. The highest BCUT2D eigenvalue weighted by Gasteiger charge is 2.09. The zero-order chi connectivity index (χ0) is 13.2. The van der Waals surface area contributed by atoms with Gasteiger partial charge in [0.05, 0.1) is 11.7 Å². The first-order valence-corrected chi connectivity index (χ1v) is 6.48. The smallest absolute Gasteiger partial charge is 0.148 e. The maximum atomic E-state index is 6.13. The maximum Gasteiger partial charge on any atom is 0.148 e. The fourth-order valence-corrected chi connectivity index (χ4v) is 2.29. The van der Waals surface area contributed by atoms with Crippen LogP contribution in [0.1, 0.15) is 11.1 Å². The van der Waals surface area contributed by atoms with E-state index in [-0.39, 0.29) is 0 Å². The summed E-state index contributed by atoms with van der Waals surface area (Å²) in [4.78, 5) is 0. The van der Waals surface area contributed by atoms with Crippen LogP contribution in [-0.2, 0) is 6.61 Å². The Bertz CT molecular complexity index is 718. The molecule has 0 aliphatic heterocycles. The standard InChI is InChI=1S/C16H13ClNO/c1-12-10-18-9-5-4-8-15(18)16(12)19-11-13-6-2-3-7-14(13)17/h2-9H,11H2,1H3. The molecule has 1 radical (unpaired) electrons. The SMILES string of the molecule is Cc1[c]n2ccccc2c1OCc1ccccc1Cl. The molecule has 0 saturated heterocycles. The first-order chi connectivity index (χ1) is 9.25. The van der Waals surface area contributed by atoms with Crippen molar-refractivity contribution in [1.29, 1.82) is 0 Å². The number of nitrogens with zero attached hydrogens (tertiary/aromatic N) is 1. The van der Waals surface area contributed by atoms with Crippen LogP contribution in [0.3, 0.4) is 0 Å². The van der Waals surface area contributed by atoms with E-state index in [9.17, 15) is 0 Å². The van der Waals surface area contributed by atoms with E-state index >= 15 is 0 Å². The highest BCUT2D eigenvalue weighted by atomic mass is 35.5. The van der Waals surface area contributed by atoms with Crippen LogP contribution in [0.5, 0.6) is 5.75 Å². The Morgan fingerprint density at radius 1 is 1.16 bits per heavy atom. The summed E-state index contributed by atoms with van der Waals surface area (Å²) in [6.07, 6.45) is 5.20. The number of pyridine rings is 1. The maximum absolute atomic E-state index is 6.13. The van der Waals surface area contributed by atoms with Crippen molar-refractivity contribution in [2.45, 2.75) is 13.5 Å². The lowest BCUT2D eigenvalue weighted by Crippen LogP contribution is -1.96. The molecule has 3 heteroatoms. The molecule has 0 saturated carbocycles. The summed E-state index contributed by atoms with van der Waals surface area (Å²) in [7, 11) is 0. The molecule has 1 aromatic carbocycles. The summed E-state index contributed by atoms with van der Waals surface area (Å²) >= 11 is 6.13. The van der Waals surface area contributed by atoms with Crippen molar-refractivity contribution in [2.24, 2.45) is 0 Å². The number of hydrogen-bond donors (Lipinski definition) is 0. The summed E-state index contributed by atoms with van der Waals surface area (Å²) in [6, 6.07) is 13.7. The van der Waals surface area contributed by atoms with E-state index in [1.165, 1.54) is 0 Å². The van der Waals surface area contributed by atoms with Gasteiger partial charge in [-0.3, -0.25) is 0 Å². The molecule has 0 unspecified atom stereocenters. The van der Waals surface area contributed by atoms with Crippen LogP contribution < -0.4 is 4.74 Å². The van der Waals surface area contributed by atoms with Crippen molar-refractivity contribution in [1.82, 2.24) is 4.40 Å². The largest absolute Gasteiger partial charge is 0.486 e.